The fraction of sp³-hybridized carbons (Fsp3) is 0.800. The highest BCUT2D eigenvalue weighted by atomic mass is 35.5. The van der Waals surface area contributed by atoms with Crippen LogP contribution >= 0.6 is 11.6 Å². The molecule has 1 heterocycles. The average molecular weight is 284 g/mol. The van der Waals surface area contributed by atoms with Crippen molar-refractivity contribution in [2.45, 2.75) is 64.4 Å². The Balaban J connectivity index is 1.83. The Morgan fingerprint density at radius 1 is 1.37 bits per heavy atom. The van der Waals surface area contributed by atoms with Gasteiger partial charge in [0.15, 0.2) is 0 Å². The van der Waals surface area contributed by atoms with E-state index in [9.17, 15) is 0 Å². The van der Waals surface area contributed by atoms with E-state index in [0.29, 0.717) is 11.3 Å². The number of nitrogens with one attached hydrogen (secondary N) is 1. The highest BCUT2D eigenvalue weighted by Gasteiger charge is 2.22. The lowest BCUT2D eigenvalue weighted by molar-refractivity contribution is 0.347. The molecule has 1 N–H and O–H groups in total. The van der Waals surface area contributed by atoms with Gasteiger partial charge in [-0.15, -0.1) is 11.6 Å². The van der Waals surface area contributed by atoms with Crippen LogP contribution < -0.4 is 5.32 Å². The van der Waals surface area contributed by atoms with Crippen LogP contribution in [0.5, 0.6) is 0 Å². The molecule has 108 valence electrons. The smallest absolute Gasteiger partial charge is 0.0625 e. The first kappa shape index (κ1) is 14.9. The van der Waals surface area contributed by atoms with Crippen molar-refractivity contribution in [3.05, 3.63) is 17.5 Å². The van der Waals surface area contributed by atoms with Gasteiger partial charge in [0.1, 0.15) is 0 Å². The van der Waals surface area contributed by atoms with Crippen molar-refractivity contribution in [3.8, 4) is 0 Å². The molecule has 1 aromatic heterocycles. The molecule has 0 spiro atoms. The van der Waals surface area contributed by atoms with Crippen molar-refractivity contribution >= 4 is 11.6 Å². The monoisotopic (exact) mass is 283 g/mol. The molecule has 0 aromatic carbocycles. The molecule has 0 bridgehead atoms. The van der Waals surface area contributed by atoms with Gasteiger partial charge in [-0.1, -0.05) is 19.8 Å². The molecule has 2 rings (SSSR count). The zero-order chi connectivity index (χ0) is 13.7. The van der Waals surface area contributed by atoms with E-state index in [1.54, 1.807) is 0 Å². The fourth-order valence-electron chi connectivity index (χ4n) is 2.88. The molecule has 0 aliphatic heterocycles. The van der Waals surface area contributed by atoms with Gasteiger partial charge in [0.25, 0.3) is 0 Å². The summed E-state index contributed by atoms with van der Waals surface area (Å²) in [5.41, 5.74) is 2.48. The van der Waals surface area contributed by atoms with E-state index in [-0.39, 0.29) is 0 Å². The van der Waals surface area contributed by atoms with Gasteiger partial charge in [-0.2, -0.15) is 5.10 Å². The normalized spacial score (nSPS) is 23.7. The van der Waals surface area contributed by atoms with Crippen LogP contribution in [0.4, 0.5) is 0 Å². The molecule has 1 saturated carbocycles. The van der Waals surface area contributed by atoms with Crippen LogP contribution in [-0.4, -0.2) is 21.7 Å². The van der Waals surface area contributed by atoms with Crippen LogP contribution in [0.15, 0.2) is 6.07 Å². The zero-order valence-electron chi connectivity index (χ0n) is 12.2. The summed E-state index contributed by atoms with van der Waals surface area (Å²) >= 11 is 6.39. The number of alkyl halides is 1. The summed E-state index contributed by atoms with van der Waals surface area (Å²) in [6.45, 7) is 7.18. The second-order valence-electron chi connectivity index (χ2n) is 5.49. The van der Waals surface area contributed by atoms with Crippen molar-refractivity contribution in [3.63, 3.8) is 0 Å². The van der Waals surface area contributed by atoms with Crippen LogP contribution in [0.25, 0.3) is 0 Å². The van der Waals surface area contributed by atoms with Gasteiger partial charge in [0, 0.05) is 18.5 Å². The summed E-state index contributed by atoms with van der Waals surface area (Å²) in [4.78, 5) is 0. The van der Waals surface area contributed by atoms with E-state index in [1.807, 2.05) is 0 Å². The Morgan fingerprint density at radius 2 is 2.16 bits per heavy atom. The van der Waals surface area contributed by atoms with Gasteiger partial charge in [0.2, 0.25) is 0 Å². The average Bonchev–Trinajstić information content (AvgIpc) is 2.83. The molecule has 0 amide bonds. The van der Waals surface area contributed by atoms with Gasteiger partial charge in [-0.3, -0.25) is 4.68 Å². The molecule has 1 aliphatic carbocycles. The van der Waals surface area contributed by atoms with Gasteiger partial charge in [0.05, 0.1) is 11.4 Å². The molecule has 0 radical (unpaired) electrons. The maximum absolute atomic E-state index is 6.39. The van der Waals surface area contributed by atoms with Crippen molar-refractivity contribution in [1.29, 1.82) is 0 Å². The van der Waals surface area contributed by atoms with E-state index in [0.717, 1.165) is 26.1 Å². The van der Waals surface area contributed by atoms with Crippen molar-refractivity contribution < 1.29 is 0 Å². The van der Waals surface area contributed by atoms with Crippen LogP contribution in [-0.2, 0) is 19.5 Å². The van der Waals surface area contributed by atoms with E-state index >= 15 is 0 Å². The first-order valence-electron chi connectivity index (χ1n) is 7.65. The molecule has 4 heteroatoms. The number of aryl methyl sites for hydroxylation is 2. The lowest BCUT2D eigenvalue weighted by atomic mass is 9.89. The molecule has 19 heavy (non-hydrogen) atoms. The van der Waals surface area contributed by atoms with Crippen LogP contribution in [0, 0.1) is 5.92 Å². The van der Waals surface area contributed by atoms with Crippen LogP contribution in [0.1, 0.15) is 50.9 Å². The van der Waals surface area contributed by atoms with Crippen LogP contribution in [0.2, 0.25) is 0 Å². The van der Waals surface area contributed by atoms with Gasteiger partial charge >= 0.3 is 0 Å². The van der Waals surface area contributed by atoms with Gasteiger partial charge in [-0.05, 0) is 44.7 Å². The Labute approximate surface area is 121 Å². The molecular weight excluding hydrogens is 258 g/mol. The second kappa shape index (κ2) is 7.30. The van der Waals surface area contributed by atoms with E-state index in [4.69, 9.17) is 11.6 Å². The summed E-state index contributed by atoms with van der Waals surface area (Å²) < 4.78 is 2.10. The molecule has 2 atom stereocenters. The summed E-state index contributed by atoms with van der Waals surface area (Å²) in [6.07, 6.45) is 6.09. The number of halogens is 1. The van der Waals surface area contributed by atoms with Gasteiger partial charge < -0.3 is 5.32 Å². The van der Waals surface area contributed by atoms with E-state index in [2.05, 4.69) is 35.0 Å². The van der Waals surface area contributed by atoms with Crippen molar-refractivity contribution in [2.75, 3.05) is 6.54 Å². The predicted molar refractivity (Wildman–Crippen MR) is 80.6 cm³/mol. The zero-order valence-corrected chi connectivity index (χ0v) is 12.9. The lowest BCUT2D eigenvalue weighted by Gasteiger charge is -2.27. The van der Waals surface area contributed by atoms with E-state index < -0.39 is 0 Å². The van der Waals surface area contributed by atoms with Crippen molar-refractivity contribution in [1.82, 2.24) is 15.1 Å². The minimum atomic E-state index is 0.364. The maximum atomic E-state index is 6.39. The number of aromatic nitrogens is 2. The molecule has 1 aromatic rings. The third-order valence-electron chi connectivity index (χ3n) is 4.10. The highest BCUT2D eigenvalue weighted by molar-refractivity contribution is 6.20. The number of hydrogen-bond donors (Lipinski definition) is 1. The predicted octanol–water partition coefficient (Wildman–Crippen LogP) is 3.35. The number of nitrogens with zero attached hydrogens (tertiary/aromatic N) is 2. The van der Waals surface area contributed by atoms with Crippen molar-refractivity contribution in [2.24, 2.45) is 5.92 Å². The number of rotatable bonds is 6. The summed E-state index contributed by atoms with van der Waals surface area (Å²) in [5.74, 6) is 0.638. The minimum absolute atomic E-state index is 0.364. The Kier molecular flexibility index (Phi) is 5.71. The molecule has 2 unspecified atom stereocenters. The molecule has 1 fully saturated rings. The highest BCUT2D eigenvalue weighted by Crippen LogP contribution is 2.28. The summed E-state index contributed by atoms with van der Waals surface area (Å²) in [6, 6.07) is 2.22. The number of hydrogen-bond acceptors (Lipinski definition) is 2. The minimum Gasteiger partial charge on any atom is -0.311 e. The maximum Gasteiger partial charge on any atom is 0.0625 e. The standard InChI is InChI=1S/C15H26ClN3/c1-3-13-9-14(19(4-2)18-13)11-17-10-12-7-5-6-8-15(12)16/h9,12,15,17H,3-8,10-11H2,1-2H3. The topological polar surface area (TPSA) is 29.9 Å². The van der Waals surface area contributed by atoms with E-state index in [1.165, 1.54) is 37.1 Å². The fourth-order valence-corrected chi connectivity index (χ4v) is 3.25. The van der Waals surface area contributed by atoms with Crippen LogP contribution in [0.3, 0.4) is 0 Å². The third kappa shape index (κ3) is 3.96. The summed E-state index contributed by atoms with van der Waals surface area (Å²) in [7, 11) is 0. The first-order chi connectivity index (χ1) is 9.24. The quantitative estimate of drug-likeness (QED) is 0.812. The molecule has 3 nitrogen and oxygen atoms in total. The Morgan fingerprint density at radius 3 is 2.84 bits per heavy atom. The molecule has 0 saturated heterocycles. The van der Waals surface area contributed by atoms with Gasteiger partial charge in [-0.25, -0.2) is 0 Å². The second-order valence-corrected chi connectivity index (χ2v) is 6.05. The lowest BCUT2D eigenvalue weighted by Crippen LogP contribution is -2.31. The third-order valence-corrected chi connectivity index (χ3v) is 4.68. The summed E-state index contributed by atoms with van der Waals surface area (Å²) in [5, 5.41) is 8.51. The Bertz CT molecular complexity index is 389. The Hall–Kier alpha value is -0.540. The SMILES string of the molecule is CCc1cc(CNCC2CCCCC2Cl)n(CC)n1. The largest absolute Gasteiger partial charge is 0.311 e. The molecule has 1 aliphatic rings. The first-order valence-corrected chi connectivity index (χ1v) is 8.08. The molecular formula is C15H26ClN3.